The van der Waals surface area contributed by atoms with Crippen molar-refractivity contribution < 1.29 is 9.50 Å². The average Bonchev–Trinajstić information content (AvgIpc) is 2.23. The number of aromatic hydroxyl groups is 1. The maximum Gasteiger partial charge on any atom is 0.141 e. The van der Waals surface area contributed by atoms with Crippen LogP contribution in [-0.2, 0) is 0 Å². The Labute approximate surface area is 96.7 Å². The molecule has 0 amide bonds. The van der Waals surface area contributed by atoms with Gasteiger partial charge < -0.3 is 10.8 Å². The Bertz CT molecular complexity index is 368. The lowest BCUT2D eigenvalue weighted by atomic mass is 10.0. The SMILES string of the molecule is C=CCC[C@@H](N)c1ccc(F)c(Br)c1O. The highest BCUT2D eigenvalue weighted by molar-refractivity contribution is 9.10. The zero-order valence-corrected chi connectivity index (χ0v) is 9.80. The quantitative estimate of drug-likeness (QED) is 0.828. The van der Waals surface area contributed by atoms with Crippen molar-refractivity contribution in [2.45, 2.75) is 18.9 Å². The summed E-state index contributed by atoms with van der Waals surface area (Å²) in [6.07, 6.45) is 3.19. The van der Waals surface area contributed by atoms with Gasteiger partial charge in [-0.2, -0.15) is 0 Å². The van der Waals surface area contributed by atoms with Gasteiger partial charge in [-0.05, 0) is 34.8 Å². The van der Waals surface area contributed by atoms with Crippen LogP contribution in [0.1, 0.15) is 24.4 Å². The van der Waals surface area contributed by atoms with E-state index in [0.717, 1.165) is 6.42 Å². The summed E-state index contributed by atoms with van der Waals surface area (Å²) in [7, 11) is 0. The molecule has 0 saturated carbocycles. The van der Waals surface area contributed by atoms with E-state index in [1.165, 1.54) is 12.1 Å². The highest BCUT2D eigenvalue weighted by Gasteiger charge is 2.15. The average molecular weight is 274 g/mol. The number of rotatable bonds is 4. The lowest BCUT2D eigenvalue weighted by Crippen LogP contribution is -2.10. The first-order chi connectivity index (χ1) is 7.07. The molecule has 0 aliphatic rings. The first-order valence-electron chi connectivity index (χ1n) is 4.61. The first kappa shape index (κ1) is 12.2. The second kappa shape index (κ2) is 5.28. The van der Waals surface area contributed by atoms with Crippen LogP contribution in [0, 0.1) is 5.82 Å². The van der Waals surface area contributed by atoms with Gasteiger partial charge in [0.25, 0.3) is 0 Å². The molecule has 1 aromatic carbocycles. The van der Waals surface area contributed by atoms with Gasteiger partial charge in [0.1, 0.15) is 11.6 Å². The summed E-state index contributed by atoms with van der Waals surface area (Å²) < 4.78 is 13.1. The predicted molar refractivity (Wildman–Crippen MR) is 62.1 cm³/mol. The molecule has 0 heterocycles. The van der Waals surface area contributed by atoms with Crippen LogP contribution in [0.2, 0.25) is 0 Å². The number of benzene rings is 1. The monoisotopic (exact) mass is 273 g/mol. The molecule has 15 heavy (non-hydrogen) atoms. The highest BCUT2D eigenvalue weighted by Crippen LogP contribution is 2.34. The van der Waals surface area contributed by atoms with Crippen molar-refractivity contribution in [2.75, 3.05) is 0 Å². The van der Waals surface area contributed by atoms with Gasteiger partial charge in [-0.15, -0.1) is 6.58 Å². The van der Waals surface area contributed by atoms with Crippen LogP contribution in [0.3, 0.4) is 0 Å². The Morgan fingerprint density at radius 3 is 2.87 bits per heavy atom. The number of hydrogen-bond acceptors (Lipinski definition) is 2. The summed E-state index contributed by atoms with van der Waals surface area (Å²) in [6, 6.07) is 2.48. The normalized spacial score (nSPS) is 12.5. The van der Waals surface area contributed by atoms with Gasteiger partial charge in [0.15, 0.2) is 0 Å². The van der Waals surface area contributed by atoms with Crippen molar-refractivity contribution in [3.8, 4) is 5.75 Å². The molecule has 0 spiro atoms. The van der Waals surface area contributed by atoms with E-state index in [0.29, 0.717) is 12.0 Å². The van der Waals surface area contributed by atoms with E-state index >= 15 is 0 Å². The second-order valence-corrected chi connectivity index (χ2v) is 4.06. The van der Waals surface area contributed by atoms with E-state index in [-0.39, 0.29) is 16.3 Å². The largest absolute Gasteiger partial charge is 0.506 e. The fourth-order valence-electron chi connectivity index (χ4n) is 1.31. The zero-order valence-electron chi connectivity index (χ0n) is 8.21. The Hall–Kier alpha value is -0.870. The van der Waals surface area contributed by atoms with E-state index < -0.39 is 5.82 Å². The highest BCUT2D eigenvalue weighted by atomic mass is 79.9. The number of halogens is 2. The van der Waals surface area contributed by atoms with Crippen molar-refractivity contribution in [1.29, 1.82) is 0 Å². The minimum atomic E-state index is -0.493. The number of nitrogens with two attached hydrogens (primary N) is 1. The molecule has 0 fully saturated rings. The summed E-state index contributed by atoms with van der Waals surface area (Å²) in [5.41, 5.74) is 6.40. The van der Waals surface area contributed by atoms with E-state index in [9.17, 15) is 9.50 Å². The molecule has 0 saturated heterocycles. The van der Waals surface area contributed by atoms with Crippen LogP contribution in [0.15, 0.2) is 29.3 Å². The summed E-state index contributed by atoms with van der Waals surface area (Å²) in [5, 5.41) is 9.66. The van der Waals surface area contributed by atoms with Crippen LogP contribution >= 0.6 is 15.9 Å². The Morgan fingerprint density at radius 1 is 1.60 bits per heavy atom. The third-order valence-electron chi connectivity index (χ3n) is 2.18. The van der Waals surface area contributed by atoms with Crippen LogP contribution in [0.5, 0.6) is 5.75 Å². The van der Waals surface area contributed by atoms with Crippen LogP contribution in [0.4, 0.5) is 4.39 Å². The van der Waals surface area contributed by atoms with Gasteiger partial charge in [0.05, 0.1) is 4.47 Å². The summed E-state index contributed by atoms with van der Waals surface area (Å²) in [5.74, 6) is -0.612. The van der Waals surface area contributed by atoms with Crippen molar-refractivity contribution in [2.24, 2.45) is 5.73 Å². The zero-order chi connectivity index (χ0) is 11.4. The number of hydrogen-bond donors (Lipinski definition) is 2. The van der Waals surface area contributed by atoms with E-state index in [2.05, 4.69) is 22.5 Å². The van der Waals surface area contributed by atoms with Gasteiger partial charge in [-0.3, -0.25) is 0 Å². The smallest absolute Gasteiger partial charge is 0.141 e. The molecule has 82 valence electrons. The van der Waals surface area contributed by atoms with Crippen LogP contribution < -0.4 is 5.73 Å². The molecule has 0 unspecified atom stereocenters. The topological polar surface area (TPSA) is 46.2 Å². The molecule has 1 rings (SSSR count). The second-order valence-electron chi connectivity index (χ2n) is 3.27. The number of phenols is 1. The third-order valence-corrected chi connectivity index (χ3v) is 2.94. The van der Waals surface area contributed by atoms with Gasteiger partial charge in [0.2, 0.25) is 0 Å². The lowest BCUT2D eigenvalue weighted by molar-refractivity contribution is 0.448. The molecular formula is C11H13BrFNO. The first-order valence-corrected chi connectivity index (χ1v) is 5.40. The summed E-state index contributed by atoms with van der Waals surface area (Å²) in [4.78, 5) is 0. The Balaban J connectivity index is 2.94. The van der Waals surface area contributed by atoms with Gasteiger partial charge >= 0.3 is 0 Å². The Morgan fingerprint density at radius 2 is 2.27 bits per heavy atom. The van der Waals surface area contributed by atoms with Crippen molar-refractivity contribution >= 4 is 15.9 Å². The molecule has 0 bridgehead atoms. The molecule has 0 aliphatic heterocycles. The molecule has 1 aromatic rings. The van der Waals surface area contributed by atoms with Gasteiger partial charge in [-0.25, -0.2) is 4.39 Å². The molecule has 3 N–H and O–H groups in total. The fraction of sp³-hybridized carbons (Fsp3) is 0.273. The lowest BCUT2D eigenvalue weighted by Gasteiger charge is -2.13. The standard InChI is InChI=1S/C11H13BrFNO/c1-2-3-4-9(14)7-5-6-8(13)10(12)11(7)15/h2,5-6,9,15H,1,3-4,14H2/t9-/m1/s1. The van der Waals surface area contributed by atoms with Crippen molar-refractivity contribution in [3.05, 3.63) is 40.6 Å². The van der Waals surface area contributed by atoms with E-state index in [1.807, 2.05) is 0 Å². The molecule has 4 heteroatoms. The van der Waals surface area contributed by atoms with Crippen LogP contribution in [-0.4, -0.2) is 5.11 Å². The fourth-order valence-corrected chi connectivity index (χ4v) is 1.67. The molecular weight excluding hydrogens is 261 g/mol. The van der Waals surface area contributed by atoms with Crippen LogP contribution in [0.25, 0.3) is 0 Å². The molecule has 2 nitrogen and oxygen atoms in total. The number of phenolic OH excluding ortho intramolecular Hbond substituents is 1. The molecule has 0 aliphatic carbocycles. The Kier molecular flexibility index (Phi) is 4.29. The minimum Gasteiger partial charge on any atom is -0.506 e. The predicted octanol–water partition coefficient (Wildman–Crippen LogP) is 3.26. The third kappa shape index (κ3) is 2.79. The van der Waals surface area contributed by atoms with Crippen molar-refractivity contribution in [3.63, 3.8) is 0 Å². The van der Waals surface area contributed by atoms with Gasteiger partial charge in [0, 0.05) is 11.6 Å². The van der Waals surface area contributed by atoms with Crippen molar-refractivity contribution in [1.82, 2.24) is 0 Å². The van der Waals surface area contributed by atoms with Gasteiger partial charge in [-0.1, -0.05) is 12.1 Å². The maximum absolute atomic E-state index is 13.0. The molecule has 1 atom stereocenters. The molecule has 0 radical (unpaired) electrons. The summed E-state index contributed by atoms with van der Waals surface area (Å²) >= 11 is 2.97. The van der Waals surface area contributed by atoms with E-state index in [4.69, 9.17) is 5.73 Å². The molecule has 0 aromatic heterocycles. The summed E-state index contributed by atoms with van der Waals surface area (Å²) in [6.45, 7) is 3.59. The minimum absolute atomic E-state index is 0.0639. The number of allylic oxidation sites excluding steroid dienone is 1. The maximum atomic E-state index is 13.0. The van der Waals surface area contributed by atoms with E-state index in [1.54, 1.807) is 6.08 Å².